The number of fused-ring (bicyclic) bond motifs is 1. The Balaban J connectivity index is 1.84. The molecule has 1 aromatic heterocycles. The molecule has 14 heteroatoms. The first-order valence-electron chi connectivity index (χ1n) is 9.11. The van der Waals surface area contributed by atoms with Gasteiger partial charge in [0.15, 0.2) is 6.23 Å². The van der Waals surface area contributed by atoms with Crippen LogP contribution in [0.2, 0.25) is 0 Å². The molecule has 0 spiro atoms. The Bertz CT molecular complexity index is 1140. The zero-order valence-corrected chi connectivity index (χ0v) is 16.5. The van der Waals surface area contributed by atoms with Crippen molar-refractivity contribution in [2.24, 2.45) is 0 Å². The van der Waals surface area contributed by atoms with Gasteiger partial charge in [0, 0.05) is 12.6 Å². The molecule has 0 bridgehead atoms. The van der Waals surface area contributed by atoms with Crippen molar-refractivity contribution >= 4 is 21.1 Å². The first-order valence-corrected chi connectivity index (χ1v) is 10.6. The molecule has 30 heavy (non-hydrogen) atoms. The van der Waals surface area contributed by atoms with Crippen molar-refractivity contribution in [2.45, 2.75) is 55.7 Å². The lowest BCUT2D eigenvalue weighted by Gasteiger charge is -2.15. The Morgan fingerprint density at radius 2 is 2.00 bits per heavy atom. The maximum Gasteiger partial charge on any atom is 0.332 e. The van der Waals surface area contributed by atoms with Crippen LogP contribution >= 0.6 is 0 Å². The van der Waals surface area contributed by atoms with Crippen LogP contribution in [0.1, 0.15) is 26.1 Å². The second kappa shape index (κ2) is 7.30. The quantitative estimate of drug-likeness (QED) is 0.539. The molecule has 9 nitrogen and oxygen atoms in total. The fourth-order valence-electron chi connectivity index (χ4n) is 3.38. The van der Waals surface area contributed by atoms with Gasteiger partial charge in [0.1, 0.15) is 17.4 Å². The van der Waals surface area contributed by atoms with E-state index in [1.807, 2.05) is 0 Å². The largest absolute Gasteiger partial charge is 0.332 e. The number of hydrogen-bond acceptors (Lipinski definition) is 6. The van der Waals surface area contributed by atoms with E-state index in [9.17, 15) is 30.8 Å². The lowest BCUT2D eigenvalue weighted by molar-refractivity contribution is -0.0808. The van der Waals surface area contributed by atoms with Crippen molar-refractivity contribution in [1.29, 1.82) is 0 Å². The third kappa shape index (κ3) is 3.41. The van der Waals surface area contributed by atoms with E-state index < -0.39 is 57.6 Å². The number of halogens is 4. The average Bonchev–Trinajstić information content (AvgIpc) is 3.16. The van der Waals surface area contributed by atoms with Crippen LogP contribution in [0.4, 0.5) is 17.6 Å². The van der Waals surface area contributed by atoms with E-state index >= 15 is 0 Å². The van der Waals surface area contributed by atoms with Gasteiger partial charge >= 0.3 is 5.69 Å². The molecule has 2 atom stereocenters. The summed E-state index contributed by atoms with van der Waals surface area (Å²) in [6, 6.07) is 1.78. The monoisotopic (exact) mass is 453 g/mol. The second-order valence-corrected chi connectivity index (χ2v) is 8.87. The summed E-state index contributed by atoms with van der Waals surface area (Å²) >= 11 is 0. The molecule has 1 saturated heterocycles. The molecule has 2 aromatic rings. The number of ether oxygens (including phenoxy) is 1. The zero-order chi connectivity index (χ0) is 21.8. The summed E-state index contributed by atoms with van der Waals surface area (Å²) in [5.74, 6) is -1.13. The summed E-state index contributed by atoms with van der Waals surface area (Å²) in [6.45, 7) is 0.777. The van der Waals surface area contributed by atoms with Gasteiger partial charge in [-0.3, -0.25) is 9.13 Å². The van der Waals surface area contributed by atoms with Crippen LogP contribution in [0.25, 0.3) is 11.0 Å². The van der Waals surface area contributed by atoms with Gasteiger partial charge in [-0.15, -0.1) is 0 Å². The molecule has 0 amide bonds. The van der Waals surface area contributed by atoms with E-state index in [-0.39, 0.29) is 30.4 Å². The molecular formula is C16H19F4N5O4S. The van der Waals surface area contributed by atoms with Crippen molar-refractivity contribution in [3.05, 3.63) is 28.4 Å². The number of nitrogens with one attached hydrogen (secondary N) is 3. The zero-order valence-electron chi connectivity index (χ0n) is 15.7. The Kier molecular flexibility index (Phi) is 5.17. The van der Waals surface area contributed by atoms with Crippen LogP contribution in [0.3, 0.4) is 0 Å². The van der Waals surface area contributed by atoms with E-state index in [1.165, 1.54) is 0 Å². The maximum absolute atomic E-state index is 14.7. The summed E-state index contributed by atoms with van der Waals surface area (Å²) in [5, 5.41) is 0. The third-order valence-corrected chi connectivity index (χ3v) is 6.76. The highest BCUT2D eigenvalue weighted by atomic mass is 32.2. The number of rotatable bonds is 7. The Morgan fingerprint density at radius 1 is 1.30 bits per heavy atom. The SMILES string of the molecule is CCn1c(=O)n(C2NNC(C(F)F)O2)c2cc(S(=O)(=O)NC3(CF)CC3)c(F)cc21. The molecule has 2 fully saturated rings. The summed E-state index contributed by atoms with van der Waals surface area (Å²) in [5.41, 5.74) is 2.62. The summed E-state index contributed by atoms with van der Waals surface area (Å²) < 4.78 is 88.3. The topological polar surface area (TPSA) is 106 Å². The Labute approximate surface area is 168 Å². The van der Waals surface area contributed by atoms with Crippen LogP contribution in [0.5, 0.6) is 0 Å². The van der Waals surface area contributed by atoms with Crippen molar-refractivity contribution < 1.29 is 30.7 Å². The number of aryl methyl sites for hydroxylation is 1. The predicted molar refractivity (Wildman–Crippen MR) is 96.3 cm³/mol. The molecule has 0 radical (unpaired) electrons. The van der Waals surface area contributed by atoms with Crippen molar-refractivity contribution in [3.8, 4) is 0 Å². The molecular weight excluding hydrogens is 434 g/mol. The molecule has 1 aromatic carbocycles. The number of hydrogen-bond donors (Lipinski definition) is 3. The lowest BCUT2D eigenvalue weighted by Crippen LogP contribution is -2.39. The van der Waals surface area contributed by atoms with Gasteiger partial charge < -0.3 is 4.74 Å². The molecule has 2 unspecified atom stereocenters. The smallest absolute Gasteiger partial charge is 0.318 e. The normalized spacial score (nSPS) is 23.5. The van der Waals surface area contributed by atoms with Gasteiger partial charge in [0.05, 0.1) is 16.6 Å². The van der Waals surface area contributed by atoms with E-state index in [4.69, 9.17) is 4.74 Å². The van der Waals surface area contributed by atoms with Crippen molar-refractivity contribution in [1.82, 2.24) is 24.7 Å². The molecule has 1 aliphatic heterocycles. The molecule has 1 saturated carbocycles. The van der Waals surface area contributed by atoms with E-state index in [2.05, 4.69) is 15.6 Å². The summed E-state index contributed by atoms with van der Waals surface area (Å²) in [6.07, 6.45) is -5.42. The van der Waals surface area contributed by atoms with Gasteiger partial charge in [-0.1, -0.05) is 0 Å². The lowest BCUT2D eigenvalue weighted by atomic mass is 10.3. The fraction of sp³-hybridized carbons (Fsp3) is 0.562. The van der Waals surface area contributed by atoms with Crippen LogP contribution in [0, 0.1) is 5.82 Å². The van der Waals surface area contributed by atoms with Gasteiger partial charge in [-0.05, 0) is 25.8 Å². The van der Waals surface area contributed by atoms with Crippen LogP contribution in [0.15, 0.2) is 21.8 Å². The van der Waals surface area contributed by atoms with Crippen LogP contribution in [-0.2, 0) is 21.3 Å². The fourth-order valence-corrected chi connectivity index (χ4v) is 4.90. The van der Waals surface area contributed by atoms with Crippen LogP contribution in [-0.4, -0.2) is 42.4 Å². The Hall–Kier alpha value is -2.00. The molecule has 3 N–H and O–H groups in total. The van der Waals surface area contributed by atoms with Gasteiger partial charge in [0.2, 0.25) is 16.4 Å². The maximum atomic E-state index is 14.7. The minimum Gasteiger partial charge on any atom is -0.318 e. The predicted octanol–water partition coefficient (Wildman–Crippen LogP) is 0.914. The Morgan fingerprint density at radius 3 is 2.53 bits per heavy atom. The van der Waals surface area contributed by atoms with Crippen LogP contribution < -0.4 is 21.3 Å². The van der Waals surface area contributed by atoms with Gasteiger partial charge in [-0.25, -0.2) is 46.3 Å². The van der Waals surface area contributed by atoms with E-state index in [1.54, 1.807) is 6.92 Å². The highest BCUT2D eigenvalue weighted by molar-refractivity contribution is 7.89. The summed E-state index contributed by atoms with van der Waals surface area (Å²) in [4.78, 5) is 12.0. The minimum atomic E-state index is -4.45. The highest BCUT2D eigenvalue weighted by Gasteiger charge is 2.47. The molecule has 4 rings (SSSR count). The second-order valence-electron chi connectivity index (χ2n) is 7.22. The number of aromatic nitrogens is 2. The molecule has 2 heterocycles. The van der Waals surface area contributed by atoms with Crippen molar-refractivity contribution in [2.75, 3.05) is 6.67 Å². The molecule has 2 aliphatic rings. The van der Waals surface area contributed by atoms with Gasteiger partial charge in [0.25, 0.3) is 6.43 Å². The highest BCUT2D eigenvalue weighted by Crippen LogP contribution is 2.38. The third-order valence-electron chi connectivity index (χ3n) is 5.17. The van der Waals surface area contributed by atoms with Crippen molar-refractivity contribution in [3.63, 3.8) is 0 Å². The number of nitrogens with zero attached hydrogens (tertiary/aromatic N) is 2. The number of hydrazine groups is 1. The molecule has 166 valence electrons. The minimum absolute atomic E-state index is 0.0523. The summed E-state index contributed by atoms with van der Waals surface area (Å²) in [7, 11) is -4.45. The van der Waals surface area contributed by atoms with E-state index in [0.29, 0.717) is 0 Å². The number of imidazole rings is 1. The number of benzene rings is 1. The number of sulfonamides is 1. The average molecular weight is 453 g/mol. The first-order chi connectivity index (χ1) is 14.1. The van der Waals surface area contributed by atoms with E-state index in [0.717, 1.165) is 21.3 Å². The first kappa shape index (κ1) is 21.2. The number of alkyl halides is 3. The standard InChI is InChI=1S/C16H19F4N5O4S/c1-2-24-9-5-8(18)11(30(27,28)23-16(7-17)3-4-16)6-10(9)25(15(24)26)14-22-21-13(29-14)12(19)20/h5-6,12-14,21-23H,2-4,7H2,1H3. The van der Waals surface area contributed by atoms with Gasteiger partial charge in [-0.2, -0.15) is 0 Å². The molecule has 1 aliphatic carbocycles.